The van der Waals surface area contributed by atoms with Crippen LogP contribution in [-0.4, -0.2) is 22.8 Å². The minimum Gasteiger partial charge on any atom is -0.472 e. The van der Waals surface area contributed by atoms with Crippen molar-refractivity contribution >= 4 is 0 Å². The summed E-state index contributed by atoms with van der Waals surface area (Å²) >= 11 is 0. The second-order valence-electron chi connectivity index (χ2n) is 3.10. The Balaban J connectivity index is 2.99. The van der Waals surface area contributed by atoms with E-state index < -0.39 is 24.9 Å². The van der Waals surface area contributed by atoms with E-state index in [1.165, 1.54) is 7.05 Å². The lowest BCUT2D eigenvalue weighted by Gasteiger charge is -2.06. The first kappa shape index (κ1) is 12.7. The SMILES string of the molecule is Cc1c(C(F)(F)F)nn(C)c1OCC(F)F. The Bertz CT molecular complexity index is 371. The van der Waals surface area contributed by atoms with Crippen molar-refractivity contribution < 1.29 is 26.7 Å². The summed E-state index contributed by atoms with van der Waals surface area (Å²) in [6.07, 6.45) is -7.36. The molecule has 0 N–H and O–H groups in total. The van der Waals surface area contributed by atoms with Gasteiger partial charge < -0.3 is 4.74 Å². The monoisotopic (exact) mass is 244 g/mol. The van der Waals surface area contributed by atoms with E-state index in [-0.39, 0.29) is 11.4 Å². The molecule has 3 nitrogen and oxygen atoms in total. The van der Waals surface area contributed by atoms with Crippen molar-refractivity contribution in [3.05, 3.63) is 11.3 Å². The number of hydrogen-bond donors (Lipinski definition) is 0. The molecule has 92 valence electrons. The average molecular weight is 244 g/mol. The third-order valence-corrected chi connectivity index (χ3v) is 1.83. The van der Waals surface area contributed by atoms with E-state index in [4.69, 9.17) is 0 Å². The van der Waals surface area contributed by atoms with Gasteiger partial charge in [-0.1, -0.05) is 0 Å². The number of rotatable bonds is 3. The minimum atomic E-state index is -4.62. The molecule has 0 unspecified atom stereocenters. The third-order valence-electron chi connectivity index (χ3n) is 1.83. The number of halogens is 5. The van der Waals surface area contributed by atoms with Gasteiger partial charge in [0, 0.05) is 12.6 Å². The molecule has 1 heterocycles. The molecule has 1 aromatic heterocycles. The molecular weight excluding hydrogens is 235 g/mol. The van der Waals surface area contributed by atoms with Crippen LogP contribution in [0.3, 0.4) is 0 Å². The molecule has 0 aromatic carbocycles. The molecule has 1 aromatic rings. The second kappa shape index (κ2) is 4.26. The van der Waals surface area contributed by atoms with E-state index in [0.29, 0.717) is 0 Å². The Kier molecular flexibility index (Phi) is 3.39. The maximum Gasteiger partial charge on any atom is 0.435 e. The van der Waals surface area contributed by atoms with Crippen molar-refractivity contribution in [2.75, 3.05) is 6.61 Å². The van der Waals surface area contributed by atoms with Gasteiger partial charge in [-0.2, -0.15) is 18.3 Å². The maximum atomic E-state index is 12.4. The summed E-state index contributed by atoms with van der Waals surface area (Å²) in [5.41, 5.74) is -1.42. The number of aryl methyl sites for hydroxylation is 1. The van der Waals surface area contributed by atoms with Crippen molar-refractivity contribution in [1.82, 2.24) is 9.78 Å². The smallest absolute Gasteiger partial charge is 0.435 e. The van der Waals surface area contributed by atoms with Crippen LogP contribution in [0.5, 0.6) is 5.88 Å². The molecule has 0 radical (unpaired) electrons. The van der Waals surface area contributed by atoms with Gasteiger partial charge in [0.2, 0.25) is 5.88 Å². The zero-order chi connectivity index (χ0) is 12.5. The van der Waals surface area contributed by atoms with Crippen molar-refractivity contribution in [3.63, 3.8) is 0 Å². The fraction of sp³-hybridized carbons (Fsp3) is 0.625. The topological polar surface area (TPSA) is 27.1 Å². The zero-order valence-corrected chi connectivity index (χ0v) is 8.48. The molecule has 0 saturated heterocycles. The van der Waals surface area contributed by atoms with Crippen molar-refractivity contribution in [2.24, 2.45) is 7.05 Å². The lowest BCUT2D eigenvalue weighted by Crippen LogP contribution is -2.10. The molecule has 1 rings (SSSR count). The second-order valence-corrected chi connectivity index (χ2v) is 3.10. The van der Waals surface area contributed by atoms with Crippen molar-refractivity contribution in [2.45, 2.75) is 19.5 Å². The summed E-state index contributed by atoms with van der Waals surface area (Å²) in [4.78, 5) is 0. The van der Waals surface area contributed by atoms with Gasteiger partial charge in [0.15, 0.2) is 12.3 Å². The fourth-order valence-corrected chi connectivity index (χ4v) is 1.23. The van der Waals surface area contributed by atoms with Gasteiger partial charge in [-0.05, 0) is 6.92 Å². The van der Waals surface area contributed by atoms with Gasteiger partial charge in [-0.3, -0.25) is 0 Å². The number of alkyl halides is 5. The van der Waals surface area contributed by atoms with Crippen LogP contribution in [0.4, 0.5) is 22.0 Å². The normalized spacial score (nSPS) is 12.2. The molecule has 8 heteroatoms. The number of aromatic nitrogens is 2. The molecule has 0 bridgehead atoms. The Labute approximate surface area is 87.8 Å². The van der Waals surface area contributed by atoms with Gasteiger partial charge in [0.25, 0.3) is 6.43 Å². The first-order valence-electron chi connectivity index (χ1n) is 4.25. The summed E-state index contributed by atoms with van der Waals surface area (Å²) in [6, 6.07) is 0. The van der Waals surface area contributed by atoms with Gasteiger partial charge in [0.05, 0.1) is 0 Å². The molecule has 0 aliphatic carbocycles. The molecule has 0 atom stereocenters. The predicted octanol–water partition coefficient (Wildman–Crippen LogP) is 2.39. The van der Waals surface area contributed by atoms with Crippen LogP contribution < -0.4 is 4.74 Å². The van der Waals surface area contributed by atoms with E-state index >= 15 is 0 Å². The number of hydrogen-bond acceptors (Lipinski definition) is 2. The van der Waals surface area contributed by atoms with Crippen LogP contribution in [0.15, 0.2) is 0 Å². The fourth-order valence-electron chi connectivity index (χ4n) is 1.23. The standard InChI is InChI=1S/C8H9F5N2O/c1-4-6(8(11,12)13)14-15(2)7(4)16-3-5(9)10/h5H,3H2,1-2H3. The molecule has 0 aliphatic heterocycles. The summed E-state index contributed by atoms with van der Waals surface area (Å²) < 4.78 is 66.1. The first-order chi connectivity index (χ1) is 7.23. The Morgan fingerprint density at radius 1 is 1.38 bits per heavy atom. The molecule has 0 saturated carbocycles. The van der Waals surface area contributed by atoms with Crippen molar-refractivity contribution in [3.8, 4) is 5.88 Å². The lowest BCUT2D eigenvalue weighted by atomic mass is 10.2. The highest BCUT2D eigenvalue weighted by Gasteiger charge is 2.38. The summed E-state index contributed by atoms with van der Waals surface area (Å²) in [7, 11) is 1.20. The van der Waals surface area contributed by atoms with Gasteiger partial charge >= 0.3 is 6.18 Å². The predicted molar refractivity (Wildman–Crippen MR) is 44.4 cm³/mol. The Morgan fingerprint density at radius 2 is 1.94 bits per heavy atom. The van der Waals surface area contributed by atoms with E-state index in [2.05, 4.69) is 9.84 Å². The van der Waals surface area contributed by atoms with E-state index in [1.54, 1.807) is 0 Å². The van der Waals surface area contributed by atoms with Gasteiger partial charge in [0.1, 0.15) is 0 Å². The van der Waals surface area contributed by atoms with Crippen LogP contribution in [0, 0.1) is 6.92 Å². The van der Waals surface area contributed by atoms with Crippen LogP contribution >= 0.6 is 0 Å². The van der Waals surface area contributed by atoms with Crippen LogP contribution in [0.25, 0.3) is 0 Å². The Hall–Kier alpha value is -1.34. The van der Waals surface area contributed by atoms with Crippen molar-refractivity contribution in [1.29, 1.82) is 0 Å². The van der Waals surface area contributed by atoms with Gasteiger partial charge in [-0.15, -0.1) is 0 Å². The molecule has 0 aliphatic rings. The molecule has 0 fully saturated rings. The highest BCUT2D eigenvalue weighted by Crippen LogP contribution is 2.34. The largest absolute Gasteiger partial charge is 0.472 e. The highest BCUT2D eigenvalue weighted by molar-refractivity contribution is 5.31. The quantitative estimate of drug-likeness (QED) is 0.763. The minimum absolute atomic E-state index is 0.296. The van der Waals surface area contributed by atoms with E-state index in [0.717, 1.165) is 11.6 Å². The average Bonchev–Trinajstić information content (AvgIpc) is 2.38. The van der Waals surface area contributed by atoms with E-state index in [9.17, 15) is 22.0 Å². The maximum absolute atomic E-state index is 12.4. The third kappa shape index (κ3) is 2.61. The summed E-state index contributed by atoms with van der Waals surface area (Å²) in [5, 5.41) is 3.18. The van der Waals surface area contributed by atoms with E-state index in [1.807, 2.05) is 0 Å². The molecular formula is C8H9F5N2O. The van der Waals surface area contributed by atoms with Crippen LogP contribution in [-0.2, 0) is 13.2 Å². The molecule has 0 spiro atoms. The van der Waals surface area contributed by atoms with Crippen LogP contribution in [0.1, 0.15) is 11.3 Å². The summed E-state index contributed by atoms with van der Waals surface area (Å²) in [6.45, 7) is 0.161. The van der Waals surface area contributed by atoms with Gasteiger partial charge in [-0.25, -0.2) is 13.5 Å². The lowest BCUT2D eigenvalue weighted by molar-refractivity contribution is -0.141. The summed E-state index contributed by atoms with van der Waals surface area (Å²) in [5.74, 6) is -0.298. The Morgan fingerprint density at radius 3 is 2.31 bits per heavy atom. The van der Waals surface area contributed by atoms with Crippen LogP contribution in [0.2, 0.25) is 0 Å². The number of ether oxygens (including phenoxy) is 1. The number of nitrogens with zero attached hydrogens (tertiary/aromatic N) is 2. The molecule has 16 heavy (non-hydrogen) atoms. The zero-order valence-electron chi connectivity index (χ0n) is 8.48. The molecule has 0 amide bonds. The first-order valence-corrected chi connectivity index (χ1v) is 4.25. The highest BCUT2D eigenvalue weighted by atomic mass is 19.4.